The molecule has 5 rings (SSSR count). The van der Waals surface area contributed by atoms with Crippen LogP contribution >= 0.6 is 12.2 Å². The van der Waals surface area contributed by atoms with Gasteiger partial charge in [-0.25, -0.2) is 0 Å². The standard InChI is InChI=1S/C27H35N3O2S/c1-3-29-25(31)24(26(32)30(4-2)27(29)33)20-9-8-18-14-19-10-11-23(28-12-6-5-7-13-28)17-22(19)16-21(18)15-20/h15-19H,3-14H2,1-2H3. The van der Waals surface area contributed by atoms with Gasteiger partial charge < -0.3 is 4.90 Å². The number of carbonyl (C=O) groups is 2. The van der Waals surface area contributed by atoms with Crippen molar-refractivity contribution in [2.45, 2.75) is 65.2 Å². The third kappa shape index (κ3) is 4.01. The first kappa shape index (κ1) is 22.6. The smallest absolute Gasteiger partial charge is 0.265 e. The Balaban J connectivity index is 1.49. The fraction of sp³-hybridized carbons (Fsp3) is 0.593. The first-order valence-electron chi connectivity index (χ1n) is 12.8. The number of likely N-dealkylation sites (N-methyl/N-ethyl adjacent to an activating group) is 2. The van der Waals surface area contributed by atoms with Gasteiger partial charge in [0.25, 0.3) is 11.8 Å². The summed E-state index contributed by atoms with van der Waals surface area (Å²) in [5, 5.41) is 0.334. The zero-order valence-corrected chi connectivity index (χ0v) is 20.8. The molecule has 2 aliphatic heterocycles. The van der Waals surface area contributed by atoms with E-state index in [-0.39, 0.29) is 11.8 Å². The highest BCUT2D eigenvalue weighted by Crippen LogP contribution is 2.45. The Kier molecular flexibility index (Phi) is 6.30. The van der Waals surface area contributed by atoms with E-state index in [1.807, 2.05) is 13.8 Å². The first-order valence-corrected chi connectivity index (χ1v) is 13.2. The Bertz CT molecular complexity index is 971. The van der Waals surface area contributed by atoms with E-state index in [0.717, 1.165) is 18.4 Å². The molecule has 5 nitrogen and oxygen atoms in total. The Morgan fingerprint density at radius 3 is 2.09 bits per heavy atom. The molecule has 2 fully saturated rings. The lowest BCUT2D eigenvalue weighted by Crippen LogP contribution is -2.56. The van der Waals surface area contributed by atoms with Crippen LogP contribution < -0.4 is 0 Å². The molecule has 0 saturated carbocycles. The van der Waals surface area contributed by atoms with Gasteiger partial charge >= 0.3 is 0 Å². The number of fused-ring (bicyclic) bond motifs is 2. The van der Waals surface area contributed by atoms with Gasteiger partial charge in [0.1, 0.15) is 5.57 Å². The number of amides is 2. The number of likely N-dealkylation sites (tertiary alicyclic amines) is 1. The van der Waals surface area contributed by atoms with Gasteiger partial charge in [0, 0.05) is 31.9 Å². The van der Waals surface area contributed by atoms with E-state index < -0.39 is 0 Å². The van der Waals surface area contributed by atoms with Crippen LogP contribution in [0.15, 0.2) is 46.2 Å². The number of thiocarbonyl (C=S) groups is 1. The normalized spacial score (nSPS) is 28.4. The molecule has 0 radical (unpaired) electrons. The molecule has 2 unspecified atom stereocenters. The summed E-state index contributed by atoms with van der Waals surface area (Å²) in [7, 11) is 0. The van der Waals surface area contributed by atoms with Crippen LogP contribution in [0.5, 0.6) is 0 Å². The SMILES string of the molecule is CCN1C(=O)C(=C2C=C3C=C4C=C(N5CCCCC5)CCC4CC3CC2)C(=O)N(CC)C1=S. The van der Waals surface area contributed by atoms with Crippen LogP contribution in [0.3, 0.4) is 0 Å². The van der Waals surface area contributed by atoms with Crippen molar-refractivity contribution in [3.63, 3.8) is 0 Å². The van der Waals surface area contributed by atoms with Crippen LogP contribution in [0.25, 0.3) is 0 Å². The molecule has 5 aliphatic rings. The van der Waals surface area contributed by atoms with E-state index in [1.54, 1.807) is 9.80 Å². The third-order valence-corrected chi connectivity index (χ3v) is 8.57. The van der Waals surface area contributed by atoms with Gasteiger partial charge in [0.05, 0.1) is 0 Å². The second-order valence-electron chi connectivity index (χ2n) is 9.96. The predicted molar refractivity (Wildman–Crippen MR) is 134 cm³/mol. The number of hydrogen-bond donors (Lipinski definition) is 0. The summed E-state index contributed by atoms with van der Waals surface area (Å²) < 4.78 is 0. The molecule has 6 heteroatoms. The maximum absolute atomic E-state index is 13.2. The average molecular weight is 466 g/mol. The lowest BCUT2D eigenvalue weighted by Gasteiger charge is -2.40. The van der Waals surface area contributed by atoms with E-state index in [0.29, 0.717) is 35.6 Å². The summed E-state index contributed by atoms with van der Waals surface area (Å²) in [6.45, 7) is 7.16. The summed E-state index contributed by atoms with van der Waals surface area (Å²) in [6.07, 6.45) is 16.4. The fourth-order valence-electron chi connectivity index (χ4n) is 6.26. The third-order valence-electron chi connectivity index (χ3n) is 8.13. The Morgan fingerprint density at radius 2 is 1.45 bits per heavy atom. The van der Waals surface area contributed by atoms with E-state index >= 15 is 0 Å². The number of piperidine rings is 1. The van der Waals surface area contributed by atoms with Crippen molar-refractivity contribution >= 4 is 29.1 Å². The minimum Gasteiger partial charge on any atom is -0.375 e. The first-order chi connectivity index (χ1) is 16.0. The van der Waals surface area contributed by atoms with Crippen molar-refractivity contribution in [3.05, 3.63) is 46.2 Å². The Morgan fingerprint density at radius 1 is 0.848 bits per heavy atom. The Labute approximate surface area is 202 Å². The molecular formula is C27H35N3O2S. The quantitative estimate of drug-likeness (QED) is 0.344. The monoisotopic (exact) mass is 465 g/mol. The van der Waals surface area contributed by atoms with Gasteiger partial charge in [-0.2, -0.15) is 0 Å². The van der Waals surface area contributed by atoms with Crippen molar-refractivity contribution in [2.75, 3.05) is 26.2 Å². The van der Waals surface area contributed by atoms with Crippen LogP contribution in [0, 0.1) is 11.8 Å². The van der Waals surface area contributed by atoms with Crippen molar-refractivity contribution in [1.29, 1.82) is 0 Å². The number of hydrogen-bond acceptors (Lipinski definition) is 4. The molecule has 2 amide bonds. The molecule has 2 saturated heterocycles. The van der Waals surface area contributed by atoms with E-state index in [1.165, 1.54) is 68.5 Å². The van der Waals surface area contributed by atoms with Crippen molar-refractivity contribution in [3.8, 4) is 0 Å². The zero-order chi connectivity index (χ0) is 23.1. The summed E-state index contributed by atoms with van der Waals surface area (Å²) in [4.78, 5) is 32.2. The van der Waals surface area contributed by atoms with Crippen LogP contribution in [-0.4, -0.2) is 57.8 Å². The number of allylic oxidation sites excluding steroid dienone is 7. The summed E-state index contributed by atoms with van der Waals surface area (Å²) in [5.74, 6) is 0.728. The highest BCUT2D eigenvalue weighted by molar-refractivity contribution is 7.80. The van der Waals surface area contributed by atoms with Crippen LogP contribution in [-0.2, 0) is 9.59 Å². The highest BCUT2D eigenvalue weighted by Gasteiger charge is 2.41. The average Bonchev–Trinajstić information content (AvgIpc) is 2.83. The second-order valence-corrected chi connectivity index (χ2v) is 10.3. The maximum Gasteiger partial charge on any atom is 0.265 e. The van der Waals surface area contributed by atoms with Gasteiger partial charge in [0.2, 0.25) is 0 Å². The highest BCUT2D eigenvalue weighted by atomic mass is 32.1. The van der Waals surface area contributed by atoms with Gasteiger partial charge in [0.15, 0.2) is 5.11 Å². The molecule has 0 N–H and O–H groups in total. The number of rotatable bonds is 3. The van der Waals surface area contributed by atoms with Crippen molar-refractivity contribution in [2.24, 2.45) is 11.8 Å². The van der Waals surface area contributed by atoms with Gasteiger partial charge in [-0.1, -0.05) is 12.2 Å². The molecular weight excluding hydrogens is 430 g/mol. The largest absolute Gasteiger partial charge is 0.375 e. The Hall–Kier alpha value is -2.21. The number of carbonyl (C=O) groups excluding carboxylic acids is 2. The summed E-state index contributed by atoms with van der Waals surface area (Å²) in [6, 6.07) is 0. The molecule has 0 aromatic carbocycles. The van der Waals surface area contributed by atoms with Crippen molar-refractivity contribution in [1.82, 2.24) is 14.7 Å². The van der Waals surface area contributed by atoms with E-state index in [4.69, 9.17) is 12.2 Å². The van der Waals surface area contributed by atoms with E-state index in [2.05, 4.69) is 23.1 Å². The summed E-state index contributed by atoms with van der Waals surface area (Å²) >= 11 is 5.43. The topological polar surface area (TPSA) is 43.9 Å². The molecule has 0 spiro atoms. The molecule has 3 aliphatic carbocycles. The zero-order valence-electron chi connectivity index (χ0n) is 19.9. The van der Waals surface area contributed by atoms with Crippen molar-refractivity contribution < 1.29 is 9.59 Å². The minimum atomic E-state index is -0.228. The molecule has 0 aromatic heterocycles. The maximum atomic E-state index is 13.2. The molecule has 176 valence electrons. The number of nitrogens with zero attached hydrogens (tertiary/aromatic N) is 3. The fourth-order valence-corrected chi connectivity index (χ4v) is 6.69. The van der Waals surface area contributed by atoms with Crippen LogP contribution in [0.4, 0.5) is 0 Å². The predicted octanol–water partition coefficient (Wildman–Crippen LogP) is 4.72. The van der Waals surface area contributed by atoms with Gasteiger partial charge in [-0.15, -0.1) is 0 Å². The van der Waals surface area contributed by atoms with Gasteiger partial charge in [-0.05, 0) is 112 Å². The molecule has 2 heterocycles. The van der Waals surface area contributed by atoms with E-state index in [9.17, 15) is 9.59 Å². The van der Waals surface area contributed by atoms with Crippen LogP contribution in [0.1, 0.15) is 65.2 Å². The minimum absolute atomic E-state index is 0.228. The summed E-state index contributed by atoms with van der Waals surface area (Å²) in [5.41, 5.74) is 5.47. The van der Waals surface area contributed by atoms with Gasteiger partial charge in [-0.3, -0.25) is 19.4 Å². The molecule has 0 aromatic rings. The molecule has 33 heavy (non-hydrogen) atoms. The molecule has 2 atom stereocenters. The second kappa shape index (κ2) is 9.21. The lowest BCUT2D eigenvalue weighted by molar-refractivity contribution is -0.133. The lowest BCUT2D eigenvalue weighted by atomic mass is 9.69. The van der Waals surface area contributed by atoms with Crippen LogP contribution in [0.2, 0.25) is 0 Å². The molecule has 0 bridgehead atoms.